The van der Waals surface area contributed by atoms with Gasteiger partial charge in [-0.05, 0) is 30.2 Å². The van der Waals surface area contributed by atoms with E-state index in [0.29, 0.717) is 5.92 Å². The van der Waals surface area contributed by atoms with Crippen molar-refractivity contribution in [1.29, 1.82) is 0 Å². The molecular formula is C17H27N. The molecule has 1 nitrogen and oxygen atoms in total. The molecule has 1 heteroatoms. The number of nitrogens with one attached hydrogen (secondary N) is 1. The maximum Gasteiger partial charge on any atom is 0.00929 e. The molecule has 1 fully saturated rings. The lowest BCUT2D eigenvalue weighted by Crippen LogP contribution is -2.36. The van der Waals surface area contributed by atoms with Crippen molar-refractivity contribution in [3.8, 4) is 0 Å². The zero-order valence-electron chi connectivity index (χ0n) is 11.9. The second-order valence-electron chi connectivity index (χ2n) is 5.94. The van der Waals surface area contributed by atoms with Crippen LogP contribution in [0.15, 0.2) is 30.3 Å². The molecule has 100 valence electrons. The number of rotatable bonds is 4. The minimum absolute atomic E-state index is 0.613. The highest BCUT2D eigenvalue weighted by Gasteiger charge is 2.19. The highest BCUT2D eigenvalue weighted by Crippen LogP contribution is 2.23. The minimum atomic E-state index is 0.613. The van der Waals surface area contributed by atoms with Crippen molar-refractivity contribution in [1.82, 2.24) is 5.32 Å². The summed E-state index contributed by atoms with van der Waals surface area (Å²) in [6.07, 6.45) is 7.02. The van der Waals surface area contributed by atoms with Gasteiger partial charge >= 0.3 is 0 Å². The molecule has 0 amide bonds. The Bertz CT molecular complexity index is 333. The molecule has 2 rings (SSSR count). The van der Waals surface area contributed by atoms with E-state index in [1.54, 1.807) is 0 Å². The summed E-state index contributed by atoms with van der Waals surface area (Å²) in [6, 6.07) is 11.6. The van der Waals surface area contributed by atoms with Crippen LogP contribution in [0.2, 0.25) is 0 Å². The highest BCUT2D eigenvalue weighted by atomic mass is 14.9. The van der Waals surface area contributed by atoms with Gasteiger partial charge in [-0.1, -0.05) is 63.4 Å². The molecule has 0 radical (unpaired) electrons. The molecule has 3 atom stereocenters. The Balaban J connectivity index is 1.83. The van der Waals surface area contributed by atoms with Gasteiger partial charge in [0.1, 0.15) is 0 Å². The van der Waals surface area contributed by atoms with Crippen LogP contribution in [-0.2, 0) is 0 Å². The standard InChI is InChI=1S/C17H27N/c1-14-9-5-3-8-12-17(14)18-13-15(2)16-10-6-4-7-11-16/h4,6-7,10-11,14-15,17-18H,3,5,8-9,12-13H2,1-2H3. The first-order valence-electron chi connectivity index (χ1n) is 7.55. The Morgan fingerprint density at radius 3 is 2.61 bits per heavy atom. The SMILES string of the molecule is CC(CNC1CCCCCC1C)c1ccccc1. The molecule has 0 saturated heterocycles. The summed E-state index contributed by atoms with van der Waals surface area (Å²) in [6.45, 7) is 5.85. The van der Waals surface area contributed by atoms with Crippen LogP contribution in [0, 0.1) is 5.92 Å². The molecule has 0 spiro atoms. The van der Waals surface area contributed by atoms with E-state index in [0.717, 1.165) is 18.5 Å². The molecule has 1 aromatic carbocycles. The third-order valence-electron chi connectivity index (χ3n) is 4.42. The van der Waals surface area contributed by atoms with Gasteiger partial charge in [0.2, 0.25) is 0 Å². The van der Waals surface area contributed by atoms with E-state index >= 15 is 0 Å². The summed E-state index contributed by atoms with van der Waals surface area (Å²) in [5.41, 5.74) is 1.45. The van der Waals surface area contributed by atoms with E-state index in [1.807, 2.05) is 0 Å². The van der Waals surface area contributed by atoms with Gasteiger partial charge in [-0.25, -0.2) is 0 Å². The second kappa shape index (κ2) is 6.94. The minimum Gasteiger partial charge on any atom is -0.313 e. The molecule has 0 heterocycles. The van der Waals surface area contributed by atoms with Crippen LogP contribution in [0.5, 0.6) is 0 Å². The fraction of sp³-hybridized carbons (Fsp3) is 0.647. The van der Waals surface area contributed by atoms with Gasteiger partial charge in [0.05, 0.1) is 0 Å². The Morgan fingerprint density at radius 2 is 1.83 bits per heavy atom. The summed E-state index contributed by atoms with van der Waals surface area (Å²) >= 11 is 0. The van der Waals surface area contributed by atoms with Crippen LogP contribution in [0.4, 0.5) is 0 Å². The van der Waals surface area contributed by atoms with E-state index < -0.39 is 0 Å². The van der Waals surface area contributed by atoms with Crippen molar-refractivity contribution in [3.05, 3.63) is 35.9 Å². The van der Waals surface area contributed by atoms with Crippen LogP contribution in [0.3, 0.4) is 0 Å². The maximum absolute atomic E-state index is 3.81. The molecule has 0 aliphatic heterocycles. The van der Waals surface area contributed by atoms with Gasteiger partial charge in [0.25, 0.3) is 0 Å². The van der Waals surface area contributed by atoms with E-state index in [2.05, 4.69) is 49.5 Å². The monoisotopic (exact) mass is 245 g/mol. The molecule has 0 bridgehead atoms. The van der Waals surface area contributed by atoms with Crippen LogP contribution in [0.1, 0.15) is 57.4 Å². The molecule has 1 saturated carbocycles. The van der Waals surface area contributed by atoms with Crippen LogP contribution < -0.4 is 5.32 Å². The van der Waals surface area contributed by atoms with Crippen LogP contribution >= 0.6 is 0 Å². The molecule has 3 unspecified atom stereocenters. The van der Waals surface area contributed by atoms with Gasteiger partial charge in [-0.3, -0.25) is 0 Å². The van der Waals surface area contributed by atoms with Gasteiger partial charge in [-0.2, -0.15) is 0 Å². The Labute approximate surface area is 112 Å². The third-order valence-corrected chi connectivity index (χ3v) is 4.42. The first-order valence-corrected chi connectivity index (χ1v) is 7.55. The Morgan fingerprint density at radius 1 is 1.11 bits per heavy atom. The average Bonchev–Trinajstić information content (AvgIpc) is 2.62. The lowest BCUT2D eigenvalue weighted by atomic mass is 9.95. The molecule has 1 aromatic rings. The van der Waals surface area contributed by atoms with Gasteiger partial charge in [0.15, 0.2) is 0 Å². The molecule has 1 N–H and O–H groups in total. The summed E-state index contributed by atoms with van der Waals surface area (Å²) in [5, 5.41) is 3.81. The van der Waals surface area contributed by atoms with E-state index in [-0.39, 0.29) is 0 Å². The summed E-state index contributed by atoms with van der Waals surface area (Å²) in [4.78, 5) is 0. The quantitative estimate of drug-likeness (QED) is 0.778. The van der Waals surface area contributed by atoms with Gasteiger partial charge in [-0.15, -0.1) is 0 Å². The summed E-state index contributed by atoms with van der Waals surface area (Å²) in [7, 11) is 0. The largest absolute Gasteiger partial charge is 0.313 e. The molecule has 18 heavy (non-hydrogen) atoms. The lowest BCUT2D eigenvalue weighted by molar-refractivity contribution is 0.351. The van der Waals surface area contributed by atoms with E-state index in [1.165, 1.54) is 37.7 Å². The van der Waals surface area contributed by atoms with E-state index in [4.69, 9.17) is 0 Å². The predicted molar refractivity (Wildman–Crippen MR) is 78.9 cm³/mol. The van der Waals surface area contributed by atoms with Crippen molar-refractivity contribution >= 4 is 0 Å². The number of benzene rings is 1. The number of hydrogen-bond acceptors (Lipinski definition) is 1. The first kappa shape index (κ1) is 13.6. The Hall–Kier alpha value is -0.820. The van der Waals surface area contributed by atoms with Crippen LogP contribution in [0.25, 0.3) is 0 Å². The molecule has 1 aliphatic rings. The molecular weight excluding hydrogens is 218 g/mol. The predicted octanol–water partition coefficient (Wildman–Crippen LogP) is 4.35. The first-order chi connectivity index (χ1) is 8.77. The molecule has 0 aromatic heterocycles. The topological polar surface area (TPSA) is 12.0 Å². The fourth-order valence-corrected chi connectivity index (χ4v) is 3.02. The van der Waals surface area contributed by atoms with Crippen molar-refractivity contribution < 1.29 is 0 Å². The molecule has 1 aliphatic carbocycles. The van der Waals surface area contributed by atoms with Crippen LogP contribution in [-0.4, -0.2) is 12.6 Å². The average molecular weight is 245 g/mol. The Kier molecular flexibility index (Phi) is 5.25. The zero-order chi connectivity index (χ0) is 12.8. The van der Waals surface area contributed by atoms with Crippen molar-refractivity contribution in [2.75, 3.05) is 6.54 Å². The summed E-state index contributed by atoms with van der Waals surface area (Å²) < 4.78 is 0. The fourth-order valence-electron chi connectivity index (χ4n) is 3.02. The summed E-state index contributed by atoms with van der Waals surface area (Å²) in [5.74, 6) is 1.46. The number of hydrogen-bond donors (Lipinski definition) is 1. The van der Waals surface area contributed by atoms with Gasteiger partial charge < -0.3 is 5.32 Å². The normalized spacial score (nSPS) is 26.6. The lowest BCUT2D eigenvalue weighted by Gasteiger charge is -2.25. The van der Waals surface area contributed by atoms with Gasteiger partial charge in [0, 0.05) is 12.6 Å². The highest BCUT2D eigenvalue weighted by molar-refractivity contribution is 5.19. The van der Waals surface area contributed by atoms with Crippen molar-refractivity contribution in [3.63, 3.8) is 0 Å². The smallest absolute Gasteiger partial charge is 0.00929 e. The van der Waals surface area contributed by atoms with E-state index in [9.17, 15) is 0 Å². The zero-order valence-corrected chi connectivity index (χ0v) is 11.9. The maximum atomic E-state index is 3.81. The van der Waals surface area contributed by atoms with Crippen molar-refractivity contribution in [2.24, 2.45) is 5.92 Å². The second-order valence-corrected chi connectivity index (χ2v) is 5.94. The third kappa shape index (κ3) is 3.84. The van der Waals surface area contributed by atoms with Crippen molar-refractivity contribution in [2.45, 2.75) is 57.9 Å².